The Labute approximate surface area is 75.5 Å². The van der Waals surface area contributed by atoms with Crippen molar-refractivity contribution in [1.29, 1.82) is 0 Å². The second kappa shape index (κ2) is 4.51. The summed E-state index contributed by atoms with van der Waals surface area (Å²) < 4.78 is 4.83. The minimum absolute atomic E-state index is 0.0837. The molecule has 0 saturated heterocycles. The van der Waals surface area contributed by atoms with Crippen LogP contribution in [-0.2, 0) is 11.2 Å². The molecule has 0 aromatic carbocycles. The molecule has 1 heterocycles. The third-order valence-electron chi connectivity index (χ3n) is 1.62. The molecule has 0 aliphatic rings. The maximum absolute atomic E-state index is 10.5. The lowest BCUT2D eigenvalue weighted by Crippen LogP contribution is -2.01. The summed E-state index contributed by atoms with van der Waals surface area (Å²) in [6.07, 6.45) is 1.93. The predicted molar refractivity (Wildman–Crippen MR) is 46.5 cm³/mol. The summed E-state index contributed by atoms with van der Waals surface area (Å²) in [5, 5.41) is 10.5. The molecule has 0 aliphatic carbocycles. The molecule has 0 unspecified atom stereocenters. The highest BCUT2D eigenvalue weighted by atomic mass is 16.6. The Morgan fingerprint density at radius 2 is 2.46 bits per heavy atom. The molecule has 0 saturated carbocycles. The molecule has 0 amide bonds. The van der Waals surface area contributed by atoms with Crippen molar-refractivity contribution in [1.82, 2.24) is 4.98 Å². The summed E-state index contributed by atoms with van der Waals surface area (Å²) in [4.78, 5) is 13.7. The summed E-state index contributed by atoms with van der Waals surface area (Å²) in [7, 11) is 1.56. The fourth-order valence-corrected chi connectivity index (χ4v) is 1.00. The first-order chi connectivity index (χ1) is 6.25. The Kier molecular flexibility index (Phi) is 3.33. The van der Waals surface area contributed by atoms with Crippen LogP contribution in [0.25, 0.3) is 0 Å². The van der Waals surface area contributed by atoms with Crippen molar-refractivity contribution in [2.75, 3.05) is 13.7 Å². The molecule has 0 N–H and O–H groups in total. The van der Waals surface area contributed by atoms with E-state index in [1.807, 2.05) is 0 Å². The second-order valence-electron chi connectivity index (χ2n) is 2.49. The number of nitro groups is 1. The summed E-state index contributed by atoms with van der Waals surface area (Å²) in [6, 6.07) is 3.36. The van der Waals surface area contributed by atoms with E-state index in [9.17, 15) is 10.1 Å². The van der Waals surface area contributed by atoms with E-state index in [1.165, 1.54) is 6.20 Å². The van der Waals surface area contributed by atoms with Gasteiger partial charge in [0.15, 0.2) is 0 Å². The molecule has 0 aliphatic heterocycles. The van der Waals surface area contributed by atoms with E-state index >= 15 is 0 Å². The fourth-order valence-electron chi connectivity index (χ4n) is 1.00. The molecule has 5 nitrogen and oxygen atoms in total. The zero-order valence-corrected chi connectivity index (χ0v) is 7.27. The first kappa shape index (κ1) is 9.60. The maximum Gasteiger partial charge on any atom is 0.366 e. The lowest BCUT2D eigenvalue weighted by molar-refractivity contribution is -0.390. The molecule has 0 fully saturated rings. The Morgan fingerprint density at radius 1 is 1.69 bits per heavy atom. The van der Waals surface area contributed by atoms with Crippen molar-refractivity contribution in [3.05, 3.63) is 34.0 Å². The molecule has 0 bridgehead atoms. The zero-order chi connectivity index (χ0) is 9.68. The molecule has 13 heavy (non-hydrogen) atoms. The molecular weight excluding hydrogens is 172 g/mol. The summed E-state index contributed by atoms with van der Waals surface area (Å²) in [5.41, 5.74) is 0.606. The van der Waals surface area contributed by atoms with Crippen molar-refractivity contribution in [2.24, 2.45) is 0 Å². The van der Waals surface area contributed by atoms with Gasteiger partial charge in [0, 0.05) is 13.5 Å². The minimum Gasteiger partial charge on any atom is -0.384 e. The topological polar surface area (TPSA) is 65.3 Å². The monoisotopic (exact) mass is 182 g/mol. The summed E-state index contributed by atoms with van der Waals surface area (Å²) >= 11 is 0. The van der Waals surface area contributed by atoms with Crippen molar-refractivity contribution in [2.45, 2.75) is 6.42 Å². The van der Waals surface area contributed by atoms with E-state index in [0.29, 0.717) is 18.6 Å². The smallest absolute Gasteiger partial charge is 0.366 e. The highest BCUT2D eigenvalue weighted by Gasteiger charge is 2.12. The van der Waals surface area contributed by atoms with Gasteiger partial charge in [-0.3, -0.25) is 0 Å². The highest BCUT2D eigenvalue weighted by molar-refractivity contribution is 5.31. The van der Waals surface area contributed by atoms with E-state index in [4.69, 9.17) is 4.74 Å². The van der Waals surface area contributed by atoms with Gasteiger partial charge in [-0.2, -0.15) is 0 Å². The van der Waals surface area contributed by atoms with Gasteiger partial charge in [0.25, 0.3) is 0 Å². The van der Waals surface area contributed by atoms with Gasteiger partial charge in [-0.15, -0.1) is 0 Å². The Morgan fingerprint density at radius 3 is 3.08 bits per heavy atom. The number of ether oxygens (including phenoxy) is 1. The molecule has 0 radical (unpaired) electrons. The number of aromatic nitrogens is 1. The summed E-state index contributed by atoms with van der Waals surface area (Å²) in [5.74, 6) is -0.0837. The van der Waals surface area contributed by atoms with Crippen LogP contribution in [0.3, 0.4) is 0 Å². The Bertz CT molecular complexity index is 301. The maximum atomic E-state index is 10.5. The van der Waals surface area contributed by atoms with Gasteiger partial charge < -0.3 is 14.9 Å². The van der Waals surface area contributed by atoms with Gasteiger partial charge in [0.05, 0.1) is 12.2 Å². The van der Waals surface area contributed by atoms with E-state index < -0.39 is 4.92 Å². The number of pyridine rings is 1. The lowest BCUT2D eigenvalue weighted by Gasteiger charge is -2.00. The third kappa shape index (κ3) is 2.48. The predicted octanol–water partition coefficient (Wildman–Crippen LogP) is 1.18. The van der Waals surface area contributed by atoms with Crippen molar-refractivity contribution < 1.29 is 9.66 Å². The fraction of sp³-hybridized carbons (Fsp3) is 0.375. The molecule has 1 aromatic rings. The minimum atomic E-state index is -0.481. The third-order valence-corrected chi connectivity index (χ3v) is 1.62. The molecule has 0 atom stereocenters. The number of methoxy groups -OCH3 is 1. The quantitative estimate of drug-likeness (QED) is 0.518. The van der Waals surface area contributed by atoms with Crippen LogP contribution in [0.2, 0.25) is 0 Å². The molecule has 1 rings (SSSR count). The van der Waals surface area contributed by atoms with E-state index in [2.05, 4.69) is 4.98 Å². The molecule has 1 aromatic heterocycles. The Balaban J connectivity index is 2.84. The van der Waals surface area contributed by atoms with Crippen molar-refractivity contribution in [3.63, 3.8) is 0 Å². The lowest BCUT2D eigenvalue weighted by atomic mass is 10.2. The van der Waals surface area contributed by atoms with Crippen LogP contribution in [0.4, 0.5) is 5.82 Å². The standard InChI is InChI=1S/C8H10N2O3/c1-13-6-4-7-3-2-5-9-8(7)10(11)12/h2-3,5H,4,6H2,1H3. The first-order valence-corrected chi connectivity index (χ1v) is 3.83. The molecule has 0 spiro atoms. The van der Waals surface area contributed by atoms with Gasteiger partial charge in [0.1, 0.15) is 6.20 Å². The van der Waals surface area contributed by atoms with Gasteiger partial charge >= 0.3 is 5.82 Å². The van der Waals surface area contributed by atoms with Crippen molar-refractivity contribution >= 4 is 5.82 Å². The normalized spacial score (nSPS) is 9.92. The van der Waals surface area contributed by atoms with Crippen LogP contribution in [0.5, 0.6) is 0 Å². The summed E-state index contributed by atoms with van der Waals surface area (Å²) in [6.45, 7) is 0.465. The largest absolute Gasteiger partial charge is 0.384 e. The van der Waals surface area contributed by atoms with Crippen LogP contribution >= 0.6 is 0 Å². The van der Waals surface area contributed by atoms with Crippen molar-refractivity contribution in [3.8, 4) is 0 Å². The number of nitrogens with zero attached hydrogens (tertiary/aromatic N) is 2. The average molecular weight is 182 g/mol. The highest BCUT2D eigenvalue weighted by Crippen LogP contribution is 2.14. The van der Waals surface area contributed by atoms with E-state index in [-0.39, 0.29) is 5.82 Å². The number of hydrogen-bond acceptors (Lipinski definition) is 4. The first-order valence-electron chi connectivity index (χ1n) is 3.83. The van der Waals surface area contributed by atoms with Gasteiger partial charge in [0.2, 0.25) is 0 Å². The molecular formula is C8H10N2O3. The zero-order valence-electron chi connectivity index (χ0n) is 7.27. The second-order valence-corrected chi connectivity index (χ2v) is 2.49. The molecule has 5 heteroatoms. The van der Waals surface area contributed by atoms with Crippen LogP contribution in [0, 0.1) is 10.1 Å². The Hall–Kier alpha value is -1.49. The number of hydrogen-bond donors (Lipinski definition) is 0. The number of rotatable bonds is 4. The SMILES string of the molecule is COCCc1cccnc1[N+](=O)[O-]. The van der Waals surface area contributed by atoms with Crippen LogP contribution in [-0.4, -0.2) is 23.6 Å². The molecule has 70 valence electrons. The van der Waals surface area contributed by atoms with Crippen LogP contribution < -0.4 is 0 Å². The van der Waals surface area contributed by atoms with Crippen LogP contribution in [0.1, 0.15) is 5.56 Å². The van der Waals surface area contributed by atoms with E-state index in [1.54, 1.807) is 19.2 Å². The van der Waals surface area contributed by atoms with E-state index in [0.717, 1.165) is 0 Å². The van der Waals surface area contributed by atoms with Crippen LogP contribution in [0.15, 0.2) is 18.3 Å². The van der Waals surface area contributed by atoms with Gasteiger partial charge in [-0.05, 0) is 22.0 Å². The van der Waals surface area contributed by atoms with Gasteiger partial charge in [-0.1, -0.05) is 0 Å². The van der Waals surface area contributed by atoms with Gasteiger partial charge in [-0.25, -0.2) is 0 Å². The average Bonchev–Trinajstić information content (AvgIpc) is 2.15.